The van der Waals surface area contributed by atoms with Crippen molar-refractivity contribution in [1.29, 1.82) is 0 Å². The number of fused-ring (bicyclic) bond motifs is 1. The third-order valence-electron chi connectivity index (χ3n) is 3.71. The highest BCUT2D eigenvalue weighted by Gasteiger charge is 2.16. The first-order valence-corrected chi connectivity index (χ1v) is 7.37. The highest BCUT2D eigenvalue weighted by molar-refractivity contribution is 5.81. The molecular weight excluding hydrogens is 304 g/mol. The first kappa shape index (κ1) is 14.1. The van der Waals surface area contributed by atoms with Crippen molar-refractivity contribution in [3.8, 4) is 22.8 Å². The average molecular weight is 318 g/mol. The van der Waals surface area contributed by atoms with Crippen molar-refractivity contribution in [2.24, 2.45) is 0 Å². The maximum absolute atomic E-state index is 10.5. The van der Waals surface area contributed by atoms with Crippen molar-refractivity contribution < 1.29 is 5.21 Å². The van der Waals surface area contributed by atoms with Crippen LogP contribution in [0.15, 0.2) is 48.7 Å². The molecule has 4 heterocycles. The molecular formula is C17H14N6O. The van der Waals surface area contributed by atoms with Gasteiger partial charge in [-0.2, -0.15) is 0 Å². The minimum atomic E-state index is 0.295. The predicted molar refractivity (Wildman–Crippen MR) is 90.3 cm³/mol. The number of rotatable bonds is 2. The van der Waals surface area contributed by atoms with Gasteiger partial charge in [-0.3, -0.25) is 4.98 Å². The third kappa shape index (κ3) is 2.23. The minimum Gasteiger partial charge on any atom is -0.425 e. The molecule has 24 heavy (non-hydrogen) atoms. The van der Waals surface area contributed by atoms with E-state index >= 15 is 0 Å². The number of nitrogen functional groups attached to an aromatic ring is 1. The Hall–Kier alpha value is -3.48. The van der Waals surface area contributed by atoms with Crippen molar-refractivity contribution >= 4 is 17.0 Å². The molecule has 0 unspecified atom stereocenters. The quantitative estimate of drug-likeness (QED) is 0.551. The van der Waals surface area contributed by atoms with Crippen LogP contribution in [-0.2, 0) is 0 Å². The van der Waals surface area contributed by atoms with Crippen molar-refractivity contribution in [2.75, 3.05) is 5.73 Å². The van der Waals surface area contributed by atoms with Crippen LogP contribution in [-0.4, -0.2) is 29.9 Å². The van der Waals surface area contributed by atoms with Gasteiger partial charge in [0.15, 0.2) is 11.5 Å². The maximum atomic E-state index is 10.5. The summed E-state index contributed by atoms with van der Waals surface area (Å²) in [5.41, 5.74) is 9.62. The van der Waals surface area contributed by atoms with Gasteiger partial charge in [-0.05, 0) is 43.3 Å². The zero-order valence-corrected chi connectivity index (χ0v) is 12.9. The molecule has 4 rings (SSSR count). The van der Waals surface area contributed by atoms with Crippen LogP contribution in [0, 0.1) is 6.92 Å². The number of pyridine rings is 3. The van der Waals surface area contributed by atoms with E-state index in [9.17, 15) is 5.21 Å². The Labute approximate surface area is 137 Å². The van der Waals surface area contributed by atoms with E-state index in [0.717, 1.165) is 16.1 Å². The lowest BCUT2D eigenvalue weighted by atomic mass is 10.2. The lowest BCUT2D eigenvalue weighted by Gasteiger charge is -2.03. The van der Waals surface area contributed by atoms with Crippen LogP contribution in [0.1, 0.15) is 5.69 Å². The Bertz CT molecular complexity index is 1060. The van der Waals surface area contributed by atoms with Gasteiger partial charge in [0.05, 0.1) is 17.0 Å². The zero-order chi connectivity index (χ0) is 16.7. The van der Waals surface area contributed by atoms with E-state index < -0.39 is 0 Å². The number of hydrogen-bond acceptors (Lipinski definition) is 6. The number of aromatic nitrogens is 5. The molecule has 7 heteroatoms. The van der Waals surface area contributed by atoms with Crippen LogP contribution < -0.4 is 5.73 Å². The minimum absolute atomic E-state index is 0.295. The maximum Gasteiger partial charge on any atom is 0.197 e. The molecule has 118 valence electrons. The highest BCUT2D eigenvalue weighted by atomic mass is 16.5. The summed E-state index contributed by atoms with van der Waals surface area (Å²) >= 11 is 0. The van der Waals surface area contributed by atoms with Crippen LogP contribution in [0.25, 0.3) is 33.9 Å². The largest absolute Gasteiger partial charge is 0.425 e. The summed E-state index contributed by atoms with van der Waals surface area (Å²) in [4.78, 5) is 17.4. The Morgan fingerprint density at radius 1 is 0.958 bits per heavy atom. The van der Waals surface area contributed by atoms with E-state index in [1.54, 1.807) is 24.4 Å². The van der Waals surface area contributed by atoms with Crippen molar-refractivity contribution in [2.45, 2.75) is 6.92 Å². The smallest absolute Gasteiger partial charge is 0.197 e. The highest BCUT2D eigenvalue weighted by Crippen LogP contribution is 2.27. The fourth-order valence-corrected chi connectivity index (χ4v) is 2.56. The second-order valence-corrected chi connectivity index (χ2v) is 5.39. The first-order chi connectivity index (χ1) is 11.6. The summed E-state index contributed by atoms with van der Waals surface area (Å²) in [5.74, 6) is 0.598. The lowest BCUT2D eigenvalue weighted by molar-refractivity contribution is 0.201. The molecule has 0 bridgehead atoms. The molecule has 0 radical (unpaired) electrons. The molecule has 7 nitrogen and oxygen atoms in total. The van der Waals surface area contributed by atoms with E-state index in [0.29, 0.717) is 34.1 Å². The second-order valence-electron chi connectivity index (χ2n) is 5.39. The van der Waals surface area contributed by atoms with Crippen LogP contribution in [0.2, 0.25) is 0 Å². The number of imidazole rings is 1. The van der Waals surface area contributed by atoms with Crippen molar-refractivity contribution in [1.82, 2.24) is 24.7 Å². The molecule has 0 spiro atoms. The van der Waals surface area contributed by atoms with E-state index in [2.05, 4.69) is 19.9 Å². The van der Waals surface area contributed by atoms with Gasteiger partial charge < -0.3 is 10.9 Å². The third-order valence-corrected chi connectivity index (χ3v) is 3.71. The molecule has 0 saturated carbocycles. The van der Waals surface area contributed by atoms with Crippen LogP contribution in [0.5, 0.6) is 0 Å². The first-order valence-electron chi connectivity index (χ1n) is 7.37. The molecule has 0 aromatic carbocycles. The summed E-state index contributed by atoms with van der Waals surface area (Å²) in [6.45, 7) is 1.92. The standard InChI is InChI=1S/C17H14N6O/c1-10-4-2-6-12(20-10)13-7-8-14-17(21-13)23(24)16(22-14)11-5-3-9-19-15(11)18/h2-9,24H,1H3,(H2,18,19). The zero-order valence-electron chi connectivity index (χ0n) is 12.9. The molecule has 4 aromatic rings. The van der Waals surface area contributed by atoms with Gasteiger partial charge in [0.2, 0.25) is 0 Å². The Morgan fingerprint density at radius 3 is 2.58 bits per heavy atom. The topological polar surface area (TPSA) is 103 Å². The van der Waals surface area contributed by atoms with Crippen LogP contribution in [0.4, 0.5) is 5.82 Å². The molecule has 0 aliphatic heterocycles. The molecule has 0 amide bonds. The molecule has 0 aliphatic carbocycles. The van der Waals surface area contributed by atoms with E-state index in [1.807, 2.05) is 31.2 Å². The van der Waals surface area contributed by atoms with Gasteiger partial charge in [-0.25, -0.2) is 15.0 Å². The summed E-state index contributed by atoms with van der Waals surface area (Å²) in [5, 5.41) is 10.5. The number of anilines is 1. The number of aryl methyl sites for hydroxylation is 1. The van der Waals surface area contributed by atoms with Crippen molar-refractivity contribution in [3.05, 3.63) is 54.4 Å². The second kappa shape index (κ2) is 5.31. The van der Waals surface area contributed by atoms with E-state index in [4.69, 9.17) is 5.73 Å². The van der Waals surface area contributed by atoms with Gasteiger partial charge in [-0.15, -0.1) is 4.73 Å². The van der Waals surface area contributed by atoms with E-state index in [1.165, 1.54) is 0 Å². The molecule has 4 aromatic heterocycles. The van der Waals surface area contributed by atoms with Crippen LogP contribution >= 0.6 is 0 Å². The fraction of sp³-hybridized carbons (Fsp3) is 0.0588. The Kier molecular flexibility index (Phi) is 3.13. The molecule has 0 fully saturated rings. The van der Waals surface area contributed by atoms with Gasteiger partial charge in [0.1, 0.15) is 11.3 Å². The molecule has 0 saturated heterocycles. The number of hydrogen-bond donors (Lipinski definition) is 2. The molecule has 0 atom stereocenters. The monoisotopic (exact) mass is 318 g/mol. The average Bonchev–Trinajstić information content (AvgIpc) is 2.92. The SMILES string of the molecule is Cc1cccc(-c2ccc3nc(-c4cccnc4N)n(O)c3n2)n1. The number of nitrogens with two attached hydrogens (primary N) is 1. The Morgan fingerprint density at radius 2 is 1.79 bits per heavy atom. The van der Waals surface area contributed by atoms with Gasteiger partial charge in [0, 0.05) is 11.9 Å². The lowest BCUT2D eigenvalue weighted by Crippen LogP contribution is -2.00. The summed E-state index contributed by atoms with van der Waals surface area (Å²) in [6.07, 6.45) is 1.59. The molecule has 3 N–H and O–H groups in total. The normalized spacial score (nSPS) is 11.0. The van der Waals surface area contributed by atoms with Crippen molar-refractivity contribution in [3.63, 3.8) is 0 Å². The Balaban J connectivity index is 1.90. The molecule has 0 aliphatic rings. The van der Waals surface area contributed by atoms with Crippen LogP contribution in [0.3, 0.4) is 0 Å². The summed E-state index contributed by atoms with van der Waals surface area (Å²) < 4.78 is 0.933. The number of nitrogens with zero attached hydrogens (tertiary/aromatic N) is 5. The summed E-state index contributed by atoms with van der Waals surface area (Å²) in [7, 11) is 0. The van der Waals surface area contributed by atoms with Gasteiger partial charge in [-0.1, -0.05) is 6.07 Å². The van der Waals surface area contributed by atoms with Gasteiger partial charge >= 0.3 is 0 Å². The summed E-state index contributed by atoms with van der Waals surface area (Å²) in [6, 6.07) is 12.8. The fourth-order valence-electron chi connectivity index (χ4n) is 2.56. The van der Waals surface area contributed by atoms with E-state index in [-0.39, 0.29) is 0 Å². The predicted octanol–water partition coefficient (Wildman–Crippen LogP) is 2.68. The van der Waals surface area contributed by atoms with Gasteiger partial charge in [0.25, 0.3) is 0 Å².